The first-order valence-electron chi connectivity index (χ1n) is 9.55. The Morgan fingerprint density at radius 1 is 1.07 bits per heavy atom. The molecule has 1 amide bonds. The third kappa shape index (κ3) is 5.25. The number of carbonyl (C=O) groups is 1. The second kappa shape index (κ2) is 9.24. The van der Waals surface area contributed by atoms with Crippen molar-refractivity contribution in [3.63, 3.8) is 0 Å². The number of anilines is 1. The number of hydrogen-bond donors (Lipinski definition) is 0. The van der Waals surface area contributed by atoms with Crippen LogP contribution in [0.3, 0.4) is 0 Å². The third-order valence-corrected chi connectivity index (χ3v) is 5.36. The molecular formula is C22H27N3O3S. The summed E-state index contributed by atoms with van der Waals surface area (Å²) in [5.74, 6) is 1.43. The fourth-order valence-electron chi connectivity index (χ4n) is 2.83. The lowest BCUT2D eigenvalue weighted by Crippen LogP contribution is -2.36. The minimum absolute atomic E-state index is 0.0750. The van der Waals surface area contributed by atoms with Crippen LogP contribution in [0.1, 0.15) is 24.2 Å². The Hall–Kier alpha value is -2.64. The lowest BCUT2D eigenvalue weighted by Gasteiger charge is -2.22. The van der Waals surface area contributed by atoms with Crippen LogP contribution in [0, 0.1) is 0 Å². The van der Waals surface area contributed by atoms with Gasteiger partial charge in [0.15, 0.2) is 5.13 Å². The van der Waals surface area contributed by atoms with Crippen LogP contribution in [0.4, 0.5) is 5.13 Å². The number of amides is 1. The van der Waals surface area contributed by atoms with Crippen molar-refractivity contribution in [1.29, 1.82) is 0 Å². The highest BCUT2D eigenvalue weighted by atomic mass is 32.1. The number of hydrogen-bond acceptors (Lipinski definition) is 6. The molecule has 0 N–H and O–H groups in total. The summed E-state index contributed by atoms with van der Waals surface area (Å²) in [6.07, 6.45) is 0.0906. The van der Waals surface area contributed by atoms with Gasteiger partial charge < -0.3 is 14.4 Å². The van der Waals surface area contributed by atoms with Crippen molar-refractivity contribution < 1.29 is 14.3 Å². The maximum Gasteiger partial charge on any atom is 0.260 e. The smallest absolute Gasteiger partial charge is 0.260 e. The zero-order valence-corrected chi connectivity index (χ0v) is 18.3. The van der Waals surface area contributed by atoms with Gasteiger partial charge in [0, 0.05) is 24.7 Å². The van der Waals surface area contributed by atoms with Crippen molar-refractivity contribution in [2.45, 2.75) is 20.0 Å². The van der Waals surface area contributed by atoms with E-state index in [4.69, 9.17) is 14.5 Å². The van der Waals surface area contributed by atoms with E-state index in [1.807, 2.05) is 58.3 Å². The van der Waals surface area contributed by atoms with Crippen molar-refractivity contribution >= 4 is 32.6 Å². The van der Waals surface area contributed by atoms with E-state index < -0.39 is 0 Å². The van der Waals surface area contributed by atoms with Gasteiger partial charge in [0.05, 0.1) is 23.4 Å². The number of thiazole rings is 1. The van der Waals surface area contributed by atoms with Crippen LogP contribution < -0.4 is 14.4 Å². The number of likely N-dealkylation sites (N-methyl/N-ethyl adjacent to an activating group) is 1. The third-order valence-electron chi connectivity index (χ3n) is 4.30. The number of ether oxygens (including phenoxy) is 2. The molecule has 0 spiro atoms. The summed E-state index contributed by atoms with van der Waals surface area (Å²) in [6.45, 7) is 5.24. The van der Waals surface area contributed by atoms with Crippen LogP contribution >= 0.6 is 11.3 Å². The van der Waals surface area contributed by atoms with Gasteiger partial charge in [-0.2, -0.15) is 0 Å². The van der Waals surface area contributed by atoms with E-state index in [1.165, 1.54) is 11.3 Å². The van der Waals surface area contributed by atoms with E-state index in [-0.39, 0.29) is 12.0 Å². The summed E-state index contributed by atoms with van der Waals surface area (Å²) in [5, 5.41) is 0.683. The van der Waals surface area contributed by atoms with Crippen molar-refractivity contribution in [2.75, 3.05) is 39.2 Å². The number of fused-ring (bicyclic) bond motifs is 1. The monoisotopic (exact) mass is 413 g/mol. The van der Waals surface area contributed by atoms with Crippen molar-refractivity contribution in [2.24, 2.45) is 0 Å². The summed E-state index contributed by atoms with van der Waals surface area (Å²) in [5.41, 5.74) is 1.43. The first kappa shape index (κ1) is 21.1. The molecule has 0 saturated carbocycles. The molecule has 1 aromatic heterocycles. The van der Waals surface area contributed by atoms with Crippen LogP contribution in [0.15, 0.2) is 42.5 Å². The van der Waals surface area contributed by atoms with Crippen LogP contribution in [0.2, 0.25) is 0 Å². The van der Waals surface area contributed by atoms with Gasteiger partial charge in [-0.3, -0.25) is 9.69 Å². The second-order valence-corrected chi connectivity index (χ2v) is 8.29. The van der Waals surface area contributed by atoms with E-state index in [0.29, 0.717) is 17.2 Å². The van der Waals surface area contributed by atoms with E-state index in [2.05, 4.69) is 4.90 Å². The molecule has 1 heterocycles. The minimum Gasteiger partial charge on any atom is -0.497 e. The molecule has 6 nitrogen and oxygen atoms in total. The fraction of sp³-hybridized carbons (Fsp3) is 0.364. The highest BCUT2D eigenvalue weighted by Crippen LogP contribution is 2.32. The molecule has 0 unspecified atom stereocenters. The molecule has 2 aromatic carbocycles. The van der Waals surface area contributed by atoms with Crippen molar-refractivity contribution in [3.05, 3.63) is 48.0 Å². The predicted octanol–water partition coefficient (Wildman–Crippen LogP) is 4.30. The van der Waals surface area contributed by atoms with Gasteiger partial charge in [-0.25, -0.2) is 4.98 Å². The number of methoxy groups -OCH3 is 1. The summed E-state index contributed by atoms with van der Waals surface area (Å²) < 4.78 is 12.0. The normalized spacial score (nSPS) is 11.3. The Kier molecular flexibility index (Phi) is 6.71. The largest absolute Gasteiger partial charge is 0.497 e. The SMILES string of the molecule is COc1ccc2sc(N(CCN(C)C)C(=O)c3ccc(OC(C)C)cc3)nc2c1. The maximum absolute atomic E-state index is 13.3. The molecule has 0 fully saturated rings. The van der Waals surface area contributed by atoms with Gasteiger partial charge in [0.25, 0.3) is 5.91 Å². The summed E-state index contributed by atoms with van der Waals surface area (Å²) >= 11 is 1.51. The van der Waals surface area contributed by atoms with Crippen LogP contribution in [-0.2, 0) is 0 Å². The van der Waals surface area contributed by atoms with Crippen LogP contribution in [0.25, 0.3) is 10.2 Å². The van der Waals surface area contributed by atoms with Gasteiger partial charge >= 0.3 is 0 Å². The van der Waals surface area contributed by atoms with E-state index in [1.54, 1.807) is 24.1 Å². The molecule has 0 aliphatic carbocycles. The number of benzene rings is 2. The highest BCUT2D eigenvalue weighted by Gasteiger charge is 2.21. The standard InChI is InChI=1S/C22H27N3O3S/c1-15(2)28-17-8-6-16(7-9-17)21(26)25(13-12-24(3)4)22-23-19-14-18(27-5)10-11-20(19)29-22/h6-11,14-15H,12-13H2,1-5H3. The number of rotatable bonds is 8. The van der Waals surface area contributed by atoms with Gasteiger partial charge in [0.1, 0.15) is 11.5 Å². The van der Waals surface area contributed by atoms with Crippen molar-refractivity contribution in [3.8, 4) is 11.5 Å². The molecule has 0 saturated heterocycles. The van der Waals surface area contributed by atoms with Crippen LogP contribution in [0.5, 0.6) is 11.5 Å². The molecule has 0 bridgehead atoms. The Morgan fingerprint density at radius 3 is 2.38 bits per heavy atom. The maximum atomic E-state index is 13.3. The minimum atomic E-state index is -0.0750. The Morgan fingerprint density at radius 2 is 1.76 bits per heavy atom. The van der Waals surface area contributed by atoms with Gasteiger partial charge in [0.2, 0.25) is 0 Å². The van der Waals surface area contributed by atoms with Crippen molar-refractivity contribution in [1.82, 2.24) is 9.88 Å². The number of carbonyl (C=O) groups excluding carboxylic acids is 1. The van der Waals surface area contributed by atoms with Gasteiger partial charge in [-0.1, -0.05) is 11.3 Å². The number of nitrogens with zero attached hydrogens (tertiary/aromatic N) is 3. The average molecular weight is 414 g/mol. The fourth-order valence-corrected chi connectivity index (χ4v) is 3.80. The molecule has 0 atom stereocenters. The molecule has 0 aliphatic heterocycles. The van der Waals surface area contributed by atoms with E-state index in [0.717, 1.165) is 28.3 Å². The molecule has 3 rings (SSSR count). The molecule has 0 radical (unpaired) electrons. The summed E-state index contributed by atoms with van der Waals surface area (Å²) in [4.78, 5) is 21.8. The predicted molar refractivity (Wildman–Crippen MR) is 119 cm³/mol. The lowest BCUT2D eigenvalue weighted by molar-refractivity contribution is 0.0985. The lowest BCUT2D eigenvalue weighted by atomic mass is 10.2. The number of aromatic nitrogens is 1. The van der Waals surface area contributed by atoms with Gasteiger partial charge in [-0.05, 0) is 64.3 Å². The molecule has 3 aromatic rings. The quantitative estimate of drug-likeness (QED) is 0.551. The molecule has 154 valence electrons. The van der Waals surface area contributed by atoms with Crippen LogP contribution in [-0.4, -0.2) is 56.2 Å². The highest BCUT2D eigenvalue weighted by molar-refractivity contribution is 7.22. The average Bonchev–Trinajstić information content (AvgIpc) is 3.10. The summed E-state index contributed by atoms with van der Waals surface area (Å²) in [7, 11) is 5.61. The molecule has 7 heteroatoms. The van der Waals surface area contributed by atoms with E-state index >= 15 is 0 Å². The Labute approximate surface area is 175 Å². The Bertz CT molecular complexity index is 967. The summed E-state index contributed by atoms with van der Waals surface area (Å²) in [6, 6.07) is 13.0. The zero-order chi connectivity index (χ0) is 21.0. The first-order chi connectivity index (χ1) is 13.9. The topological polar surface area (TPSA) is 54.9 Å². The van der Waals surface area contributed by atoms with E-state index in [9.17, 15) is 4.79 Å². The molecular weight excluding hydrogens is 386 g/mol. The molecule has 29 heavy (non-hydrogen) atoms. The first-order valence-corrected chi connectivity index (χ1v) is 10.4. The second-order valence-electron chi connectivity index (χ2n) is 7.28. The zero-order valence-electron chi connectivity index (χ0n) is 17.5. The Balaban J connectivity index is 1.91. The molecule has 0 aliphatic rings. The van der Waals surface area contributed by atoms with Gasteiger partial charge in [-0.15, -0.1) is 0 Å².